The average molecular weight is 885 g/mol. The van der Waals surface area contributed by atoms with Gasteiger partial charge in [-0.2, -0.15) is 0 Å². The van der Waals surface area contributed by atoms with Gasteiger partial charge in [0.05, 0.1) is 11.4 Å². The fourth-order valence-corrected chi connectivity index (χ4v) is 11.7. The smallest absolute Gasteiger partial charge is 0.135 e. The lowest BCUT2D eigenvalue weighted by molar-refractivity contribution is 0.669. The van der Waals surface area contributed by atoms with Crippen molar-refractivity contribution in [2.24, 2.45) is 0 Å². The van der Waals surface area contributed by atoms with E-state index in [9.17, 15) is 0 Å². The van der Waals surface area contributed by atoms with Gasteiger partial charge in [0, 0.05) is 64.5 Å². The molecule has 0 amide bonds. The van der Waals surface area contributed by atoms with Crippen LogP contribution in [0.3, 0.4) is 0 Å². The zero-order valence-electron chi connectivity index (χ0n) is 36.8. The lowest BCUT2D eigenvalue weighted by atomic mass is 9.96. The highest BCUT2D eigenvalue weighted by Crippen LogP contribution is 2.49. The van der Waals surface area contributed by atoms with E-state index in [1.807, 2.05) is 17.4 Å². The molecule has 0 saturated carbocycles. The summed E-state index contributed by atoms with van der Waals surface area (Å²) in [4.78, 5) is 4.94. The summed E-state index contributed by atoms with van der Waals surface area (Å²) in [7, 11) is 0. The highest BCUT2D eigenvalue weighted by molar-refractivity contribution is 7.25. The summed E-state index contributed by atoms with van der Waals surface area (Å²) in [5, 5.41) is 14.3. The minimum absolute atomic E-state index is 0.863. The van der Waals surface area contributed by atoms with Crippen molar-refractivity contribution in [2.75, 3.05) is 9.80 Å². The topological polar surface area (TPSA) is 19.6 Å². The van der Waals surface area contributed by atoms with Crippen LogP contribution in [0.2, 0.25) is 0 Å². The third-order valence-electron chi connectivity index (χ3n) is 13.7. The second kappa shape index (κ2) is 15.5. The number of hydrogen-bond donors (Lipinski definition) is 0. The highest BCUT2D eigenvalue weighted by atomic mass is 32.1. The molecule has 3 nitrogen and oxygen atoms in total. The molecule has 318 valence electrons. The van der Waals surface area contributed by atoms with Crippen molar-refractivity contribution in [3.05, 3.63) is 243 Å². The van der Waals surface area contributed by atoms with Crippen LogP contribution < -0.4 is 9.80 Å². The molecular weight excluding hydrogens is 845 g/mol. The van der Waals surface area contributed by atoms with E-state index in [-0.39, 0.29) is 0 Å². The maximum atomic E-state index is 6.45. The van der Waals surface area contributed by atoms with Crippen molar-refractivity contribution in [3.8, 4) is 11.1 Å². The van der Waals surface area contributed by atoms with Gasteiger partial charge in [-0.05, 0) is 128 Å². The fraction of sp³-hybridized carbons (Fsp3) is 0. The molecular formula is C64H40N2OS. The molecule has 0 saturated heterocycles. The summed E-state index contributed by atoms with van der Waals surface area (Å²) in [6.45, 7) is 0. The molecule has 0 fully saturated rings. The number of nitrogens with zero attached hydrogens (tertiary/aromatic N) is 2. The Kier molecular flexibility index (Phi) is 8.76. The zero-order valence-corrected chi connectivity index (χ0v) is 37.6. The van der Waals surface area contributed by atoms with Gasteiger partial charge in [0.1, 0.15) is 11.2 Å². The molecule has 0 bridgehead atoms. The van der Waals surface area contributed by atoms with Crippen LogP contribution in [-0.2, 0) is 0 Å². The first-order chi connectivity index (χ1) is 33.7. The van der Waals surface area contributed by atoms with Gasteiger partial charge in [-0.25, -0.2) is 0 Å². The van der Waals surface area contributed by atoms with Gasteiger partial charge < -0.3 is 14.2 Å². The third-order valence-corrected chi connectivity index (χ3v) is 14.9. The molecule has 0 N–H and O–H groups in total. The summed E-state index contributed by atoms with van der Waals surface area (Å²) in [5.41, 5.74) is 10.4. The summed E-state index contributed by atoms with van der Waals surface area (Å²) >= 11 is 1.85. The van der Waals surface area contributed by atoms with E-state index in [4.69, 9.17) is 4.42 Å². The monoisotopic (exact) mass is 884 g/mol. The molecule has 0 aliphatic heterocycles. The Morgan fingerprint density at radius 2 is 0.779 bits per heavy atom. The SMILES string of the molecule is c1ccc(N(c2cc(-c3ccc4sc5ccccc5c4c3)cc(N(c3ccc4oc5ccccc5c4c3)c3cc4ccccc4c4ccccc34)c2)c2cc3ccccc3c3ccccc23)cc1. The van der Waals surface area contributed by atoms with Gasteiger partial charge in [-0.15, -0.1) is 11.3 Å². The molecule has 0 spiro atoms. The predicted octanol–water partition coefficient (Wildman–Crippen LogP) is 19.2. The zero-order chi connectivity index (χ0) is 44.7. The van der Waals surface area contributed by atoms with E-state index in [0.717, 1.165) is 67.2 Å². The maximum Gasteiger partial charge on any atom is 0.135 e. The molecule has 4 heteroatoms. The highest BCUT2D eigenvalue weighted by Gasteiger charge is 2.24. The number of para-hydroxylation sites is 2. The maximum absolute atomic E-state index is 6.45. The minimum Gasteiger partial charge on any atom is -0.456 e. The summed E-state index contributed by atoms with van der Waals surface area (Å²) in [5.74, 6) is 0. The third kappa shape index (κ3) is 6.19. The van der Waals surface area contributed by atoms with Crippen LogP contribution in [0.15, 0.2) is 247 Å². The molecule has 14 aromatic rings. The number of benzene rings is 12. The van der Waals surface area contributed by atoms with Crippen molar-refractivity contribution in [1.29, 1.82) is 0 Å². The Labute approximate surface area is 396 Å². The second-order valence-electron chi connectivity index (χ2n) is 17.7. The summed E-state index contributed by atoms with van der Waals surface area (Å²) in [6.07, 6.45) is 0. The predicted molar refractivity (Wildman–Crippen MR) is 291 cm³/mol. The second-order valence-corrected chi connectivity index (χ2v) is 18.7. The Morgan fingerprint density at radius 1 is 0.265 bits per heavy atom. The van der Waals surface area contributed by atoms with Crippen LogP contribution in [-0.4, -0.2) is 0 Å². The van der Waals surface area contributed by atoms with Crippen LogP contribution in [0.4, 0.5) is 34.1 Å². The lowest BCUT2D eigenvalue weighted by Crippen LogP contribution is -2.14. The number of furan rings is 1. The van der Waals surface area contributed by atoms with Gasteiger partial charge >= 0.3 is 0 Å². The quantitative estimate of drug-likeness (QED) is 0.149. The van der Waals surface area contributed by atoms with Crippen molar-refractivity contribution < 1.29 is 4.42 Å². The molecule has 0 aliphatic carbocycles. The van der Waals surface area contributed by atoms with E-state index in [2.05, 4.69) is 246 Å². The number of rotatable bonds is 7. The van der Waals surface area contributed by atoms with Crippen LogP contribution in [0.5, 0.6) is 0 Å². The average Bonchev–Trinajstić information content (AvgIpc) is 3.97. The van der Waals surface area contributed by atoms with Crippen LogP contribution >= 0.6 is 11.3 Å². The number of hydrogen-bond acceptors (Lipinski definition) is 4. The fourth-order valence-electron chi connectivity index (χ4n) is 10.6. The van der Waals surface area contributed by atoms with Crippen molar-refractivity contribution >= 4 is 131 Å². The Bertz CT molecular complexity index is 4300. The molecule has 2 heterocycles. The largest absolute Gasteiger partial charge is 0.456 e. The van der Waals surface area contributed by atoms with E-state index in [0.29, 0.717) is 0 Å². The molecule has 2 aromatic heterocycles. The Morgan fingerprint density at radius 3 is 1.46 bits per heavy atom. The summed E-state index contributed by atoms with van der Waals surface area (Å²) in [6, 6.07) is 88.8. The van der Waals surface area contributed by atoms with Crippen LogP contribution in [0.1, 0.15) is 0 Å². The first kappa shape index (κ1) is 38.6. The molecule has 14 rings (SSSR count). The van der Waals surface area contributed by atoms with Crippen LogP contribution in [0.25, 0.3) is 96.3 Å². The number of fused-ring (bicyclic) bond motifs is 12. The number of anilines is 6. The Balaban J connectivity index is 1.11. The molecule has 0 radical (unpaired) electrons. The first-order valence-electron chi connectivity index (χ1n) is 23.1. The number of thiophene rings is 1. The molecule has 68 heavy (non-hydrogen) atoms. The van der Waals surface area contributed by atoms with Crippen molar-refractivity contribution in [1.82, 2.24) is 0 Å². The standard InChI is InChI=1S/C64H40N2OS/c1-2-18-45(19-3-1)65(59-37-42-16-4-6-20-49(42)51-22-8-10-24-53(51)59)47-34-44(41-30-33-64-58(36-41)56-27-13-15-29-63(56)68-64)35-48(39-47)66(46-31-32-62-57(40-46)55-26-12-14-28-61(55)67-62)60-38-43-17-5-7-21-50(43)52-23-9-11-25-54(52)60/h1-40H. The van der Waals surface area contributed by atoms with Gasteiger partial charge in [0.15, 0.2) is 0 Å². The van der Waals surface area contributed by atoms with E-state index in [1.54, 1.807) is 0 Å². The van der Waals surface area contributed by atoms with Crippen molar-refractivity contribution in [2.45, 2.75) is 0 Å². The van der Waals surface area contributed by atoms with E-state index >= 15 is 0 Å². The van der Waals surface area contributed by atoms with E-state index in [1.165, 1.54) is 63.3 Å². The van der Waals surface area contributed by atoms with Gasteiger partial charge in [-0.3, -0.25) is 0 Å². The van der Waals surface area contributed by atoms with Gasteiger partial charge in [0.2, 0.25) is 0 Å². The summed E-state index contributed by atoms with van der Waals surface area (Å²) < 4.78 is 9.03. The van der Waals surface area contributed by atoms with Crippen molar-refractivity contribution in [3.63, 3.8) is 0 Å². The van der Waals surface area contributed by atoms with Gasteiger partial charge in [0.25, 0.3) is 0 Å². The first-order valence-corrected chi connectivity index (χ1v) is 24.0. The molecule has 0 atom stereocenters. The van der Waals surface area contributed by atoms with E-state index < -0.39 is 0 Å². The lowest BCUT2D eigenvalue weighted by Gasteiger charge is -2.32. The Hall–Kier alpha value is -8.70. The molecule has 0 unspecified atom stereocenters. The van der Waals surface area contributed by atoms with Crippen LogP contribution in [0, 0.1) is 0 Å². The molecule has 12 aromatic carbocycles. The van der Waals surface area contributed by atoms with Gasteiger partial charge in [-0.1, -0.05) is 158 Å². The normalized spacial score (nSPS) is 11.8. The molecule has 0 aliphatic rings. The minimum atomic E-state index is 0.863.